The Bertz CT molecular complexity index is 778. The Hall–Kier alpha value is -2.50. The molecule has 0 radical (unpaired) electrons. The van der Waals surface area contributed by atoms with Crippen LogP contribution in [0.5, 0.6) is 5.75 Å². The molecule has 1 aliphatic heterocycles. The van der Waals surface area contributed by atoms with Crippen LogP contribution >= 0.6 is 0 Å². The maximum Gasteiger partial charge on any atom is 0.317 e. The molecule has 1 aromatic heterocycles. The summed E-state index contributed by atoms with van der Waals surface area (Å²) in [5, 5.41) is 7.50. The van der Waals surface area contributed by atoms with E-state index in [9.17, 15) is 4.79 Å². The van der Waals surface area contributed by atoms with Crippen molar-refractivity contribution in [3.8, 4) is 5.75 Å². The highest BCUT2D eigenvalue weighted by atomic mass is 16.5. The molecular weight excluding hydrogens is 340 g/mol. The van der Waals surface area contributed by atoms with Crippen LogP contribution in [0.2, 0.25) is 0 Å². The first-order chi connectivity index (χ1) is 13.0. The molecule has 1 fully saturated rings. The number of nitrogens with one attached hydrogen (secondary N) is 1. The monoisotopic (exact) mass is 370 g/mol. The number of ether oxygens (including phenoxy) is 1. The first kappa shape index (κ1) is 19.3. The maximum atomic E-state index is 12.7. The number of aryl methyl sites for hydroxylation is 2. The van der Waals surface area contributed by atoms with Crippen molar-refractivity contribution >= 4 is 6.03 Å². The minimum atomic E-state index is -0.104. The SMILES string of the molecule is CCn1cc(C2CCN(C(=O)NC(C)c3cc(C)ccc3OC)CC2)cn1. The van der Waals surface area contributed by atoms with Gasteiger partial charge < -0.3 is 15.0 Å². The lowest BCUT2D eigenvalue weighted by Gasteiger charge is -2.32. The predicted octanol–water partition coefficient (Wildman–Crippen LogP) is 3.87. The topological polar surface area (TPSA) is 59.4 Å². The lowest BCUT2D eigenvalue weighted by Crippen LogP contribution is -2.44. The number of aromatic nitrogens is 2. The summed E-state index contributed by atoms with van der Waals surface area (Å²) in [6, 6.07) is 5.93. The third kappa shape index (κ3) is 4.43. The highest BCUT2D eigenvalue weighted by molar-refractivity contribution is 5.75. The molecule has 0 saturated carbocycles. The van der Waals surface area contributed by atoms with Gasteiger partial charge in [-0.2, -0.15) is 5.10 Å². The van der Waals surface area contributed by atoms with E-state index in [1.54, 1.807) is 7.11 Å². The number of amides is 2. The van der Waals surface area contributed by atoms with E-state index < -0.39 is 0 Å². The van der Waals surface area contributed by atoms with Crippen LogP contribution < -0.4 is 10.1 Å². The molecule has 27 heavy (non-hydrogen) atoms. The van der Waals surface area contributed by atoms with E-state index in [1.165, 1.54) is 5.56 Å². The van der Waals surface area contributed by atoms with Crippen LogP contribution in [0.1, 0.15) is 55.3 Å². The number of hydrogen-bond acceptors (Lipinski definition) is 3. The highest BCUT2D eigenvalue weighted by Gasteiger charge is 2.26. The Morgan fingerprint density at radius 3 is 2.74 bits per heavy atom. The van der Waals surface area contributed by atoms with Crippen molar-refractivity contribution in [3.63, 3.8) is 0 Å². The number of likely N-dealkylation sites (tertiary alicyclic amines) is 1. The molecule has 0 spiro atoms. The lowest BCUT2D eigenvalue weighted by atomic mass is 9.92. The Morgan fingerprint density at radius 2 is 2.11 bits per heavy atom. The number of nitrogens with zero attached hydrogens (tertiary/aromatic N) is 3. The number of hydrogen-bond donors (Lipinski definition) is 1. The highest BCUT2D eigenvalue weighted by Crippen LogP contribution is 2.29. The van der Waals surface area contributed by atoms with Gasteiger partial charge in [0.1, 0.15) is 5.75 Å². The molecule has 1 saturated heterocycles. The van der Waals surface area contributed by atoms with E-state index in [4.69, 9.17) is 4.74 Å². The summed E-state index contributed by atoms with van der Waals surface area (Å²) in [5.41, 5.74) is 3.45. The summed E-state index contributed by atoms with van der Waals surface area (Å²) < 4.78 is 7.41. The van der Waals surface area contributed by atoms with E-state index in [0.29, 0.717) is 5.92 Å². The Labute approximate surface area is 161 Å². The second-order valence-electron chi connectivity index (χ2n) is 7.31. The van der Waals surface area contributed by atoms with Crippen molar-refractivity contribution < 1.29 is 9.53 Å². The van der Waals surface area contributed by atoms with Crippen LogP contribution in [0.25, 0.3) is 0 Å². The smallest absolute Gasteiger partial charge is 0.317 e. The zero-order valence-corrected chi connectivity index (χ0v) is 16.7. The molecule has 3 rings (SSSR count). The van der Waals surface area contributed by atoms with Gasteiger partial charge in [0.2, 0.25) is 0 Å². The molecule has 146 valence electrons. The molecule has 1 aliphatic rings. The van der Waals surface area contributed by atoms with E-state index in [0.717, 1.165) is 49.4 Å². The zero-order valence-electron chi connectivity index (χ0n) is 16.7. The van der Waals surface area contributed by atoms with Crippen molar-refractivity contribution in [1.82, 2.24) is 20.0 Å². The van der Waals surface area contributed by atoms with Gasteiger partial charge in [-0.15, -0.1) is 0 Å². The van der Waals surface area contributed by atoms with E-state index >= 15 is 0 Å². The summed E-state index contributed by atoms with van der Waals surface area (Å²) in [6.45, 7) is 8.57. The molecule has 1 atom stereocenters. The van der Waals surface area contributed by atoms with Crippen molar-refractivity contribution in [2.75, 3.05) is 20.2 Å². The lowest BCUT2D eigenvalue weighted by molar-refractivity contribution is 0.178. The van der Waals surface area contributed by atoms with Crippen LogP contribution in [0.3, 0.4) is 0 Å². The molecule has 2 heterocycles. The number of methoxy groups -OCH3 is 1. The van der Waals surface area contributed by atoms with Gasteiger partial charge >= 0.3 is 6.03 Å². The van der Waals surface area contributed by atoms with E-state index in [-0.39, 0.29) is 12.1 Å². The summed E-state index contributed by atoms with van der Waals surface area (Å²) in [5.74, 6) is 1.30. The summed E-state index contributed by atoms with van der Waals surface area (Å²) >= 11 is 0. The Kier molecular flexibility index (Phi) is 6.04. The molecular formula is C21H30N4O2. The molecule has 1 unspecified atom stereocenters. The number of urea groups is 1. The standard InChI is InChI=1S/C21H30N4O2/c1-5-25-14-18(13-22-25)17-8-10-24(11-9-17)21(26)23-16(3)19-12-15(2)6-7-20(19)27-4/h6-7,12-14,16-17H,5,8-11H2,1-4H3,(H,23,26). The molecule has 2 amide bonds. The van der Waals surface area contributed by atoms with Crippen LogP contribution in [0, 0.1) is 6.92 Å². The fourth-order valence-corrected chi connectivity index (χ4v) is 3.73. The quantitative estimate of drug-likeness (QED) is 0.869. The number of rotatable bonds is 5. The second kappa shape index (κ2) is 8.46. The minimum Gasteiger partial charge on any atom is -0.496 e. The predicted molar refractivity (Wildman–Crippen MR) is 106 cm³/mol. The van der Waals surface area contributed by atoms with Crippen molar-refractivity contribution in [2.24, 2.45) is 0 Å². The second-order valence-corrected chi connectivity index (χ2v) is 7.31. The summed E-state index contributed by atoms with van der Waals surface area (Å²) in [4.78, 5) is 14.6. The van der Waals surface area contributed by atoms with Crippen LogP contribution in [-0.4, -0.2) is 40.9 Å². The van der Waals surface area contributed by atoms with Gasteiger partial charge in [0.25, 0.3) is 0 Å². The molecule has 1 N–H and O–H groups in total. The zero-order chi connectivity index (χ0) is 19.4. The van der Waals surface area contributed by atoms with Gasteiger partial charge in [0.05, 0.1) is 19.3 Å². The van der Waals surface area contributed by atoms with Gasteiger partial charge in [-0.3, -0.25) is 4.68 Å². The molecule has 6 nitrogen and oxygen atoms in total. The fourth-order valence-electron chi connectivity index (χ4n) is 3.73. The third-order valence-corrected chi connectivity index (χ3v) is 5.42. The van der Waals surface area contributed by atoms with Gasteiger partial charge in [0, 0.05) is 31.4 Å². The number of benzene rings is 1. The number of piperidine rings is 1. The van der Waals surface area contributed by atoms with E-state index in [1.807, 2.05) is 41.8 Å². The summed E-state index contributed by atoms with van der Waals surface area (Å²) in [6.07, 6.45) is 6.05. The summed E-state index contributed by atoms with van der Waals surface area (Å²) in [7, 11) is 1.66. The first-order valence-corrected chi connectivity index (χ1v) is 9.74. The molecule has 2 aromatic rings. The van der Waals surface area contributed by atoms with Crippen molar-refractivity contribution in [1.29, 1.82) is 0 Å². The van der Waals surface area contributed by atoms with Crippen LogP contribution in [0.4, 0.5) is 4.79 Å². The molecule has 6 heteroatoms. The first-order valence-electron chi connectivity index (χ1n) is 9.74. The average Bonchev–Trinajstić information content (AvgIpc) is 3.17. The molecule has 0 aliphatic carbocycles. The fraction of sp³-hybridized carbons (Fsp3) is 0.524. The van der Waals surface area contributed by atoms with Gasteiger partial charge in [-0.05, 0) is 51.2 Å². The van der Waals surface area contributed by atoms with Crippen LogP contribution in [0.15, 0.2) is 30.6 Å². The average molecular weight is 370 g/mol. The largest absolute Gasteiger partial charge is 0.496 e. The van der Waals surface area contributed by atoms with Crippen molar-refractivity contribution in [3.05, 3.63) is 47.3 Å². The molecule has 1 aromatic carbocycles. The van der Waals surface area contributed by atoms with Crippen LogP contribution in [-0.2, 0) is 6.54 Å². The van der Waals surface area contributed by atoms with Gasteiger partial charge in [-0.1, -0.05) is 17.7 Å². The molecule has 0 bridgehead atoms. The Balaban J connectivity index is 1.57. The third-order valence-electron chi connectivity index (χ3n) is 5.42. The van der Waals surface area contributed by atoms with Crippen molar-refractivity contribution in [2.45, 2.75) is 52.1 Å². The Morgan fingerprint density at radius 1 is 1.37 bits per heavy atom. The maximum absolute atomic E-state index is 12.7. The number of carbonyl (C=O) groups is 1. The number of carbonyl (C=O) groups excluding carboxylic acids is 1. The van der Waals surface area contributed by atoms with Gasteiger partial charge in [0.15, 0.2) is 0 Å². The normalized spacial score (nSPS) is 16.2. The minimum absolute atomic E-state index is 0.00578. The van der Waals surface area contributed by atoms with E-state index in [2.05, 4.69) is 29.6 Å². The van der Waals surface area contributed by atoms with Gasteiger partial charge in [-0.25, -0.2) is 4.79 Å².